The van der Waals surface area contributed by atoms with Crippen molar-refractivity contribution in [1.29, 1.82) is 0 Å². The Morgan fingerprint density at radius 1 is 1.12 bits per heavy atom. The van der Waals surface area contributed by atoms with Crippen LogP contribution >= 0.6 is 0 Å². The molecule has 3 aromatic heterocycles. The Bertz CT molecular complexity index is 1300. The first kappa shape index (κ1) is 21.4. The number of nitrogens with zero attached hydrogens (tertiary/aromatic N) is 4. The lowest BCUT2D eigenvalue weighted by atomic mass is 10.1. The van der Waals surface area contributed by atoms with Crippen LogP contribution in [-0.4, -0.2) is 32.0 Å². The monoisotopic (exact) mass is 439 g/mol. The van der Waals surface area contributed by atoms with Crippen molar-refractivity contribution in [3.05, 3.63) is 53.5 Å². The van der Waals surface area contributed by atoms with Gasteiger partial charge in [0.25, 0.3) is 5.91 Å². The second-order valence-corrected chi connectivity index (χ2v) is 7.42. The summed E-state index contributed by atoms with van der Waals surface area (Å²) in [6.07, 6.45) is 3.81. The molecule has 0 bridgehead atoms. The number of halogens is 2. The lowest BCUT2D eigenvalue weighted by Crippen LogP contribution is -2.25. The topological polar surface area (TPSA) is 125 Å². The van der Waals surface area contributed by atoms with Crippen molar-refractivity contribution in [3.8, 4) is 0 Å². The van der Waals surface area contributed by atoms with Gasteiger partial charge in [0.2, 0.25) is 0 Å². The maximum Gasteiger partial charge on any atom is 0.251 e. The number of carbonyl (C=O) groups excluding carboxylic acids is 1. The molecule has 10 heteroatoms. The number of imidazole rings is 1. The summed E-state index contributed by atoms with van der Waals surface area (Å²) in [6, 6.07) is 5.52. The number of benzene rings is 1. The van der Waals surface area contributed by atoms with E-state index in [0.717, 1.165) is 35.4 Å². The Labute approximate surface area is 182 Å². The maximum atomic E-state index is 13.6. The minimum absolute atomic E-state index is 0.108. The molecule has 5 N–H and O–H groups in total. The molecule has 0 aliphatic rings. The number of pyridine rings is 2. The first-order valence-electron chi connectivity index (χ1n) is 10.3. The molecular formula is C22H23F2N7O. The van der Waals surface area contributed by atoms with Crippen LogP contribution in [0.2, 0.25) is 0 Å². The van der Waals surface area contributed by atoms with E-state index in [-0.39, 0.29) is 5.56 Å². The molecule has 0 radical (unpaired) electrons. The highest BCUT2D eigenvalue weighted by molar-refractivity contribution is 6.04. The molecule has 0 aliphatic carbocycles. The molecule has 4 rings (SSSR count). The molecule has 0 atom stereocenters. The van der Waals surface area contributed by atoms with E-state index < -0.39 is 23.2 Å². The number of nitrogens with two attached hydrogens (primary N) is 2. The van der Waals surface area contributed by atoms with Gasteiger partial charge in [-0.25, -0.2) is 18.7 Å². The SMILES string of the molecule is CCc1nc2c(N)nc3cccnc3c2n1CCCCNC(=O)c1cc(F)c(N)c(F)c1. The average molecular weight is 439 g/mol. The van der Waals surface area contributed by atoms with Crippen LogP contribution in [0.3, 0.4) is 0 Å². The van der Waals surface area contributed by atoms with E-state index in [9.17, 15) is 13.6 Å². The third-order valence-corrected chi connectivity index (χ3v) is 5.29. The molecule has 32 heavy (non-hydrogen) atoms. The van der Waals surface area contributed by atoms with Crippen LogP contribution in [0.4, 0.5) is 20.3 Å². The van der Waals surface area contributed by atoms with E-state index in [1.165, 1.54) is 0 Å². The average Bonchev–Trinajstić information content (AvgIpc) is 3.16. The van der Waals surface area contributed by atoms with Crippen LogP contribution in [0, 0.1) is 11.6 Å². The number of hydrogen-bond acceptors (Lipinski definition) is 6. The molecule has 0 aliphatic heterocycles. The van der Waals surface area contributed by atoms with E-state index in [1.54, 1.807) is 6.20 Å². The van der Waals surface area contributed by atoms with Gasteiger partial charge in [-0.3, -0.25) is 9.78 Å². The van der Waals surface area contributed by atoms with Crippen molar-refractivity contribution < 1.29 is 13.6 Å². The number of hydrogen-bond donors (Lipinski definition) is 3. The number of nitrogens with one attached hydrogen (secondary N) is 1. The van der Waals surface area contributed by atoms with E-state index in [4.69, 9.17) is 11.5 Å². The van der Waals surface area contributed by atoms with Crippen LogP contribution in [-0.2, 0) is 13.0 Å². The zero-order chi connectivity index (χ0) is 22.8. The van der Waals surface area contributed by atoms with Crippen LogP contribution in [0.25, 0.3) is 22.1 Å². The Kier molecular flexibility index (Phi) is 5.85. The molecule has 1 aromatic carbocycles. The van der Waals surface area contributed by atoms with Gasteiger partial charge >= 0.3 is 0 Å². The maximum absolute atomic E-state index is 13.6. The minimum atomic E-state index is -0.955. The van der Waals surface area contributed by atoms with E-state index in [2.05, 4.69) is 24.8 Å². The third-order valence-electron chi connectivity index (χ3n) is 5.29. The summed E-state index contributed by atoms with van der Waals surface area (Å²) in [6.45, 7) is 3.01. The number of nitrogen functional groups attached to an aromatic ring is 2. The fourth-order valence-electron chi connectivity index (χ4n) is 3.70. The Morgan fingerprint density at radius 3 is 2.59 bits per heavy atom. The van der Waals surface area contributed by atoms with Crippen LogP contribution in [0.1, 0.15) is 35.9 Å². The second kappa shape index (κ2) is 8.74. The second-order valence-electron chi connectivity index (χ2n) is 7.42. The summed E-state index contributed by atoms with van der Waals surface area (Å²) in [5.74, 6) is -1.22. The third kappa shape index (κ3) is 3.91. The lowest BCUT2D eigenvalue weighted by Gasteiger charge is -2.10. The molecule has 166 valence electrons. The van der Waals surface area contributed by atoms with Crippen molar-refractivity contribution in [2.75, 3.05) is 18.0 Å². The van der Waals surface area contributed by atoms with E-state index in [1.807, 2.05) is 19.1 Å². The number of aryl methyl sites for hydroxylation is 2. The van der Waals surface area contributed by atoms with Gasteiger partial charge in [0, 0.05) is 31.3 Å². The van der Waals surface area contributed by atoms with E-state index >= 15 is 0 Å². The lowest BCUT2D eigenvalue weighted by molar-refractivity contribution is 0.0952. The number of fused-ring (bicyclic) bond motifs is 3. The molecule has 0 spiro atoms. The Morgan fingerprint density at radius 2 is 1.88 bits per heavy atom. The highest BCUT2D eigenvalue weighted by atomic mass is 19.1. The summed E-state index contributed by atoms with van der Waals surface area (Å²) in [5, 5.41) is 2.68. The quantitative estimate of drug-likeness (QED) is 0.300. The Balaban J connectivity index is 1.45. The molecule has 3 heterocycles. The standard InChI is InChI=1S/C22H23F2N7O/c1-2-16-30-19-20(18-15(29-21(19)26)6-5-8-27-18)31(16)9-4-3-7-28-22(32)12-10-13(23)17(25)14(24)11-12/h5-6,8,10-11H,2-4,7,9,25H2,1H3,(H2,26,29)(H,28,32). The van der Waals surface area contributed by atoms with Gasteiger partial charge in [-0.05, 0) is 37.1 Å². The van der Waals surface area contributed by atoms with Gasteiger partial charge in [0.05, 0.1) is 5.52 Å². The van der Waals surface area contributed by atoms with Crippen molar-refractivity contribution in [3.63, 3.8) is 0 Å². The molecule has 4 aromatic rings. The first-order valence-corrected chi connectivity index (χ1v) is 10.3. The highest BCUT2D eigenvalue weighted by Gasteiger charge is 2.17. The first-order chi connectivity index (χ1) is 15.4. The minimum Gasteiger partial charge on any atom is -0.394 e. The number of carbonyl (C=O) groups is 1. The predicted molar refractivity (Wildman–Crippen MR) is 119 cm³/mol. The molecule has 0 saturated carbocycles. The van der Waals surface area contributed by atoms with Gasteiger partial charge in [0.1, 0.15) is 39.7 Å². The summed E-state index contributed by atoms with van der Waals surface area (Å²) in [5.41, 5.74) is 13.6. The number of amides is 1. The summed E-state index contributed by atoms with van der Waals surface area (Å²) >= 11 is 0. The van der Waals surface area contributed by atoms with Gasteiger partial charge < -0.3 is 21.4 Å². The normalized spacial score (nSPS) is 11.3. The molecule has 0 fully saturated rings. The smallest absolute Gasteiger partial charge is 0.251 e. The van der Waals surface area contributed by atoms with Crippen LogP contribution < -0.4 is 16.8 Å². The molecule has 0 saturated heterocycles. The van der Waals surface area contributed by atoms with Gasteiger partial charge in [-0.1, -0.05) is 6.92 Å². The van der Waals surface area contributed by atoms with Crippen molar-refractivity contribution in [2.45, 2.75) is 32.7 Å². The summed E-state index contributed by atoms with van der Waals surface area (Å²) < 4.78 is 29.2. The fraction of sp³-hybridized carbons (Fsp3) is 0.273. The summed E-state index contributed by atoms with van der Waals surface area (Å²) in [7, 11) is 0. The zero-order valence-electron chi connectivity index (χ0n) is 17.5. The van der Waals surface area contributed by atoms with Crippen LogP contribution in [0.15, 0.2) is 30.5 Å². The molecule has 1 amide bonds. The van der Waals surface area contributed by atoms with Crippen molar-refractivity contribution >= 4 is 39.5 Å². The van der Waals surface area contributed by atoms with Gasteiger partial charge in [-0.15, -0.1) is 0 Å². The predicted octanol–water partition coefficient (Wildman–Crippen LogP) is 3.19. The van der Waals surface area contributed by atoms with Crippen LogP contribution in [0.5, 0.6) is 0 Å². The zero-order valence-corrected chi connectivity index (χ0v) is 17.5. The Hall–Kier alpha value is -3.82. The number of rotatable bonds is 7. The number of anilines is 2. The number of aromatic nitrogens is 4. The van der Waals surface area contributed by atoms with E-state index in [0.29, 0.717) is 42.8 Å². The van der Waals surface area contributed by atoms with Crippen molar-refractivity contribution in [2.24, 2.45) is 0 Å². The fourth-order valence-corrected chi connectivity index (χ4v) is 3.70. The molecule has 0 unspecified atom stereocenters. The molecule has 8 nitrogen and oxygen atoms in total. The molecular weight excluding hydrogens is 416 g/mol. The van der Waals surface area contributed by atoms with Crippen molar-refractivity contribution in [1.82, 2.24) is 24.8 Å². The summed E-state index contributed by atoms with van der Waals surface area (Å²) in [4.78, 5) is 25.7. The van der Waals surface area contributed by atoms with Gasteiger partial charge in [0.15, 0.2) is 5.82 Å². The largest absolute Gasteiger partial charge is 0.394 e. The van der Waals surface area contributed by atoms with Gasteiger partial charge in [-0.2, -0.15) is 0 Å². The number of unbranched alkanes of at least 4 members (excludes halogenated alkanes) is 1. The highest BCUT2D eigenvalue weighted by Crippen LogP contribution is 2.28.